The molecule has 1 N–H and O–H groups in total. The number of hydrogen-bond acceptors (Lipinski definition) is 3. The maximum absolute atomic E-state index is 13.0. The van der Waals surface area contributed by atoms with Crippen molar-refractivity contribution in [1.82, 2.24) is 14.9 Å². The number of aromatic amines is 1. The molecule has 23 heavy (non-hydrogen) atoms. The van der Waals surface area contributed by atoms with Gasteiger partial charge in [-0.25, -0.2) is 4.98 Å². The van der Waals surface area contributed by atoms with Gasteiger partial charge in [-0.2, -0.15) is 0 Å². The molecule has 1 aliphatic rings. The zero-order valence-electron chi connectivity index (χ0n) is 13.3. The van der Waals surface area contributed by atoms with Crippen molar-refractivity contribution in [2.75, 3.05) is 6.54 Å². The van der Waals surface area contributed by atoms with Gasteiger partial charge in [-0.3, -0.25) is 4.79 Å². The molecule has 1 fully saturated rings. The van der Waals surface area contributed by atoms with Crippen molar-refractivity contribution >= 4 is 28.3 Å². The maximum Gasteiger partial charge on any atom is 0.255 e. The third kappa shape index (κ3) is 2.45. The molecule has 1 atom stereocenters. The predicted octanol–water partition coefficient (Wildman–Crippen LogP) is 4.22. The number of hydrogen-bond donors (Lipinski definition) is 1. The number of para-hydroxylation sites is 2. The highest BCUT2D eigenvalue weighted by Gasteiger charge is 2.33. The van der Waals surface area contributed by atoms with Crippen LogP contribution in [0.4, 0.5) is 0 Å². The summed E-state index contributed by atoms with van der Waals surface area (Å²) < 4.78 is 0. The number of carbonyl (C=O) groups is 1. The Bertz CT molecular complexity index is 846. The van der Waals surface area contributed by atoms with Crippen LogP contribution < -0.4 is 0 Å². The van der Waals surface area contributed by atoms with Gasteiger partial charge in [0.15, 0.2) is 0 Å². The summed E-state index contributed by atoms with van der Waals surface area (Å²) in [5.74, 6) is 1.04. The van der Waals surface area contributed by atoms with Gasteiger partial charge in [0.1, 0.15) is 5.82 Å². The van der Waals surface area contributed by atoms with E-state index in [2.05, 4.69) is 11.9 Å². The smallest absolute Gasteiger partial charge is 0.255 e. The third-order valence-electron chi connectivity index (χ3n) is 4.51. The molecule has 0 saturated carbocycles. The molecule has 4 rings (SSSR count). The molecule has 3 aromatic rings. The van der Waals surface area contributed by atoms with E-state index in [4.69, 9.17) is 4.98 Å². The van der Waals surface area contributed by atoms with E-state index >= 15 is 0 Å². The van der Waals surface area contributed by atoms with E-state index in [1.165, 1.54) is 4.88 Å². The Hall–Kier alpha value is -2.14. The summed E-state index contributed by atoms with van der Waals surface area (Å²) in [4.78, 5) is 25.3. The van der Waals surface area contributed by atoms with E-state index in [9.17, 15) is 4.79 Å². The average Bonchev–Trinajstić information content (AvgIpc) is 3.23. The van der Waals surface area contributed by atoms with Gasteiger partial charge in [0.2, 0.25) is 0 Å². The van der Waals surface area contributed by atoms with Crippen LogP contribution in [-0.4, -0.2) is 27.3 Å². The van der Waals surface area contributed by atoms with Crippen LogP contribution in [-0.2, 0) is 0 Å². The molecule has 1 aromatic carbocycles. The fourth-order valence-electron chi connectivity index (χ4n) is 3.42. The fraction of sp³-hybridized carbons (Fsp3) is 0.333. The van der Waals surface area contributed by atoms with E-state index < -0.39 is 0 Å². The summed E-state index contributed by atoms with van der Waals surface area (Å²) in [5.41, 5.74) is 2.84. The van der Waals surface area contributed by atoms with Crippen LogP contribution in [0.15, 0.2) is 30.3 Å². The lowest BCUT2D eigenvalue weighted by atomic mass is 10.1. The second-order valence-electron chi connectivity index (χ2n) is 6.12. The number of carbonyl (C=O) groups excluding carboxylic acids is 1. The van der Waals surface area contributed by atoms with Gasteiger partial charge < -0.3 is 9.88 Å². The molecule has 0 spiro atoms. The Balaban J connectivity index is 1.68. The van der Waals surface area contributed by atoms with Crippen molar-refractivity contribution in [1.29, 1.82) is 0 Å². The van der Waals surface area contributed by atoms with Crippen molar-refractivity contribution in [2.45, 2.75) is 32.7 Å². The Morgan fingerprint density at radius 1 is 1.35 bits per heavy atom. The number of aryl methyl sites for hydroxylation is 2. The zero-order valence-corrected chi connectivity index (χ0v) is 14.1. The first-order valence-electron chi connectivity index (χ1n) is 7.96. The van der Waals surface area contributed by atoms with Crippen molar-refractivity contribution in [3.05, 3.63) is 51.5 Å². The number of rotatable bonds is 2. The van der Waals surface area contributed by atoms with Crippen LogP contribution in [0.1, 0.15) is 44.8 Å². The molecule has 5 heteroatoms. The minimum atomic E-state index is 0.0505. The molecule has 0 aliphatic carbocycles. The lowest BCUT2D eigenvalue weighted by Gasteiger charge is -2.23. The summed E-state index contributed by atoms with van der Waals surface area (Å²) in [6.45, 7) is 4.88. The molecule has 0 radical (unpaired) electrons. The van der Waals surface area contributed by atoms with Gasteiger partial charge in [-0.1, -0.05) is 12.1 Å². The minimum absolute atomic E-state index is 0.0505. The first-order chi connectivity index (χ1) is 11.1. The molecule has 1 amide bonds. The van der Waals surface area contributed by atoms with Crippen LogP contribution in [0.2, 0.25) is 0 Å². The highest BCUT2D eigenvalue weighted by atomic mass is 32.1. The van der Waals surface area contributed by atoms with Crippen molar-refractivity contribution < 1.29 is 4.79 Å². The number of aromatic nitrogens is 2. The van der Waals surface area contributed by atoms with E-state index in [1.807, 2.05) is 42.2 Å². The van der Waals surface area contributed by atoms with Gasteiger partial charge in [-0.05, 0) is 44.9 Å². The molecule has 0 bridgehead atoms. The van der Waals surface area contributed by atoms with Gasteiger partial charge in [0.05, 0.1) is 22.6 Å². The third-order valence-corrected chi connectivity index (χ3v) is 5.47. The summed E-state index contributed by atoms with van der Waals surface area (Å²) in [5, 5.41) is 0. The van der Waals surface area contributed by atoms with Crippen LogP contribution in [0.3, 0.4) is 0 Å². The quantitative estimate of drug-likeness (QED) is 0.767. The Labute approximate surface area is 139 Å². The number of H-pyrrole nitrogens is 1. The molecule has 3 heterocycles. The largest absolute Gasteiger partial charge is 0.340 e. The highest BCUT2D eigenvalue weighted by molar-refractivity contribution is 7.12. The second kappa shape index (κ2) is 5.49. The number of amides is 1. The molecule has 1 saturated heterocycles. The average molecular weight is 325 g/mol. The topological polar surface area (TPSA) is 49.0 Å². The first kappa shape index (κ1) is 14.5. The Morgan fingerprint density at radius 3 is 2.91 bits per heavy atom. The highest BCUT2D eigenvalue weighted by Crippen LogP contribution is 2.34. The van der Waals surface area contributed by atoms with E-state index in [0.29, 0.717) is 0 Å². The van der Waals surface area contributed by atoms with Gasteiger partial charge in [0.25, 0.3) is 5.91 Å². The number of thiophene rings is 1. The predicted molar refractivity (Wildman–Crippen MR) is 92.9 cm³/mol. The number of benzene rings is 1. The molecule has 118 valence electrons. The fourth-order valence-corrected chi connectivity index (χ4v) is 4.34. The second-order valence-corrected chi connectivity index (χ2v) is 7.58. The Morgan fingerprint density at radius 2 is 2.17 bits per heavy atom. The lowest BCUT2D eigenvalue weighted by molar-refractivity contribution is 0.0730. The van der Waals surface area contributed by atoms with Gasteiger partial charge in [-0.15, -0.1) is 11.3 Å². The number of fused-ring (bicyclic) bond motifs is 1. The number of likely N-dealkylation sites (tertiary alicyclic amines) is 1. The van der Waals surface area contributed by atoms with Crippen molar-refractivity contribution in [3.8, 4) is 0 Å². The first-order valence-corrected chi connectivity index (χ1v) is 8.78. The van der Waals surface area contributed by atoms with E-state index in [0.717, 1.165) is 46.7 Å². The van der Waals surface area contributed by atoms with Crippen LogP contribution >= 0.6 is 11.3 Å². The summed E-state index contributed by atoms with van der Waals surface area (Å²) in [7, 11) is 0. The standard InChI is InChI=1S/C18H19N3OS/c1-11-10-13(12(2)23-11)18(22)21-9-5-8-16(21)17-19-14-6-3-4-7-15(14)20-17/h3-4,6-7,10,16H,5,8-9H2,1-2H3,(H,19,20). The van der Waals surface area contributed by atoms with Crippen molar-refractivity contribution in [2.24, 2.45) is 0 Å². The molecule has 4 nitrogen and oxygen atoms in total. The molecular weight excluding hydrogens is 306 g/mol. The summed E-state index contributed by atoms with van der Waals surface area (Å²) >= 11 is 1.69. The normalized spacial score (nSPS) is 18.0. The lowest BCUT2D eigenvalue weighted by Crippen LogP contribution is -2.31. The molecular formula is C18H19N3OS. The monoisotopic (exact) mass is 325 g/mol. The number of nitrogens with one attached hydrogen (secondary N) is 1. The van der Waals surface area contributed by atoms with Crippen LogP contribution in [0.5, 0.6) is 0 Å². The Kier molecular flexibility index (Phi) is 3.45. The van der Waals surface area contributed by atoms with Crippen molar-refractivity contribution in [3.63, 3.8) is 0 Å². The minimum Gasteiger partial charge on any atom is -0.340 e. The van der Waals surface area contributed by atoms with Gasteiger partial charge in [0, 0.05) is 16.3 Å². The van der Waals surface area contributed by atoms with Crippen LogP contribution in [0, 0.1) is 13.8 Å². The number of imidazole rings is 1. The van der Waals surface area contributed by atoms with Gasteiger partial charge >= 0.3 is 0 Å². The molecule has 1 unspecified atom stereocenters. The summed E-state index contributed by atoms with van der Waals surface area (Å²) in [6, 6.07) is 10.1. The molecule has 2 aromatic heterocycles. The van der Waals surface area contributed by atoms with E-state index in [-0.39, 0.29) is 11.9 Å². The van der Waals surface area contributed by atoms with E-state index in [1.54, 1.807) is 11.3 Å². The zero-order chi connectivity index (χ0) is 16.0. The van der Waals surface area contributed by atoms with Crippen LogP contribution in [0.25, 0.3) is 11.0 Å². The summed E-state index contributed by atoms with van der Waals surface area (Å²) in [6.07, 6.45) is 1.99. The SMILES string of the molecule is Cc1cc(C(=O)N2CCCC2c2nc3ccccc3[nH]2)c(C)s1. The number of nitrogens with zero attached hydrogens (tertiary/aromatic N) is 2. The maximum atomic E-state index is 13.0. The molecule has 1 aliphatic heterocycles.